The molecule has 0 amide bonds. The van der Waals surface area contributed by atoms with Gasteiger partial charge in [0.15, 0.2) is 0 Å². The molecule has 4 heterocycles. The third kappa shape index (κ3) is 24.9. The van der Waals surface area contributed by atoms with Crippen LogP contribution in [0.3, 0.4) is 0 Å². The highest BCUT2D eigenvalue weighted by atomic mass is 16.3. The Balaban J connectivity index is 0.000000397. The van der Waals surface area contributed by atoms with E-state index in [0.29, 0.717) is 38.7 Å². The van der Waals surface area contributed by atoms with Crippen LogP contribution in [0.25, 0.3) is 0 Å². The minimum absolute atomic E-state index is 0.224. The van der Waals surface area contributed by atoms with E-state index in [-0.39, 0.29) is 6.73 Å². The molecule has 1 saturated carbocycles. The van der Waals surface area contributed by atoms with Crippen molar-refractivity contribution in [1.82, 2.24) is 24.5 Å². The van der Waals surface area contributed by atoms with Crippen LogP contribution in [-0.2, 0) is 5.41 Å². The summed E-state index contributed by atoms with van der Waals surface area (Å²) in [6.07, 6.45) is 18.3. The van der Waals surface area contributed by atoms with Gasteiger partial charge in [-0.05, 0) is 190 Å². The van der Waals surface area contributed by atoms with Crippen molar-refractivity contribution in [2.24, 2.45) is 33.5 Å². The number of rotatable bonds is 2. The van der Waals surface area contributed by atoms with E-state index in [4.69, 9.17) is 5.11 Å². The van der Waals surface area contributed by atoms with Crippen LogP contribution in [0, 0.1) is 33.5 Å². The molecule has 5 aliphatic rings. The van der Waals surface area contributed by atoms with Crippen molar-refractivity contribution in [1.29, 1.82) is 0 Å². The highest BCUT2D eigenvalue weighted by Gasteiger charge is 2.34. The van der Waals surface area contributed by atoms with E-state index in [1.54, 1.807) is 0 Å². The number of nitrogens with zero attached hydrogens (tertiary/aromatic N) is 5. The molecule has 2 unspecified atom stereocenters. The Kier molecular flexibility index (Phi) is 26.7. The normalized spacial score (nSPS) is 23.1. The second-order valence-corrected chi connectivity index (χ2v) is 27.6. The molecule has 4 saturated heterocycles. The van der Waals surface area contributed by atoms with Gasteiger partial charge in [-0.15, -0.1) is 0 Å². The van der Waals surface area contributed by atoms with Crippen molar-refractivity contribution < 1.29 is 5.11 Å². The van der Waals surface area contributed by atoms with E-state index >= 15 is 0 Å². The minimum atomic E-state index is 0.224. The molecule has 6 heteroatoms. The van der Waals surface area contributed by atoms with E-state index in [0.717, 1.165) is 30.5 Å². The predicted molar refractivity (Wildman–Crippen MR) is 290 cm³/mol. The van der Waals surface area contributed by atoms with Crippen molar-refractivity contribution in [2.45, 2.75) is 237 Å². The molecule has 65 heavy (non-hydrogen) atoms. The van der Waals surface area contributed by atoms with Gasteiger partial charge < -0.3 is 24.7 Å². The highest BCUT2D eigenvalue weighted by molar-refractivity contribution is 5.22. The zero-order valence-corrected chi connectivity index (χ0v) is 48.1. The van der Waals surface area contributed by atoms with Crippen molar-refractivity contribution >= 4 is 0 Å². The van der Waals surface area contributed by atoms with Crippen LogP contribution in [0.5, 0.6) is 0 Å². The number of piperidine rings is 2. The van der Waals surface area contributed by atoms with E-state index in [2.05, 4.69) is 208 Å². The third-order valence-corrected chi connectivity index (χ3v) is 15.8. The summed E-state index contributed by atoms with van der Waals surface area (Å²) in [5.41, 5.74) is 3.88. The number of hydrogen-bond acceptors (Lipinski definition) is 6. The van der Waals surface area contributed by atoms with Crippen LogP contribution in [0.2, 0.25) is 0 Å². The lowest BCUT2D eigenvalue weighted by atomic mass is 9.75. The van der Waals surface area contributed by atoms with Crippen LogP contribution < -0.4 is 0 Å². The van der Waals surface area contributed by atoms with Crippen LogP contribution in [0.4, 0.5) is 0 Å². The second kappa shape index (κ2) is 28.0. The van der Waals surface area contributed by atoms with Crippen LogP contribution in [0.1, 0.15) is 214 Å². The van der Waals surface area contributed by atoms with Crippen molar-refractivity contribution in [3.05, 3.63) is 35.9 Å². The Bertz CT molecular complexity index is 1330. The van der Waals surface area contributed by atoms with Gasteiger partial charge in [0.2, 0.25) is 0 Å². The Labute approximate surface area is 408 Å². The first-order valence-corrected chi connectivity index (χ1v) is 26.9. The lowest BCUT2D eigenvalue weighted by molar-refractivity contribution is 0.0502. The molecule has 0 radical (unpaired) electrons. The third-order valence-electron chi connectivity index (χ3n) is 15.8. The maximum Gasteiger partial charge on any atom is 0.0959 e. The minimum Gasteiger partial charge on any atom is -0.381 e. The maximum atomic E-state index is 9.03. The summed E-state index contributed by atoms with van der Waals surface area (Å²) >= 11 is 0. The van der Waals surface area contributed by atoms with Gasteiger partial charge >= 0.3 is 0 Å². The quantitative estimate of drug-likeness (QED) is 0.319. The summed E-state index contributed by atoms with van der Waals surface area (Å²) in [5.74, 6) is 1.89. The zero-order chi connectivity index (χ0) is 50.0. The summed E-state index contributed by atoms with van der Waals surface area (Å²) in [6, 6.07) is 12.9. The maximum absolute atomic E-state index is 9.03. The molecule has 1 N–H and O–H groups in total. The summed E-state index contributed by atoms with van der Waals surface area (Å²) in [7, 11) is 8.63. The summed E-state index contributed by atoms with van der Waals surface area (Å²) < 4.78 is 0. The molecule has 4 aliphatic heterocycles. The van der Waals surface area contributed by atoms with Gasteiger partial charge in [-0.1, -0.05) is 153 Å². The summed E-state index contributed by atoms with van der Waals surface area (Å²) in [5, 5.41) is 9.03. The molecular weight excluding hydrogens is 795 g/mol. The molecule has 0 bridgehead atoms. The van der Waals surface area contributed by atoms with Crippen LogP contribution >= 0.6 is 0 Å². The largest absolute Gasteiger partial charge is 0.381 e. The fraction of sp³-hybridized carbons (Fsp3) is 0.898. The summed E-state index contributed by atoms with van der Waals surface area (Å²) in [6.45, 7) is 49.2. The Morgan fingerprint density at radius 1 is 0.492 bits per heavy atom. The Morgan fingerprint density at radius 2 is 0.908 bits per heavy atom. The molecule has 5 fully saturated rings. The van der Waals surface area contributed by atoms with Gasteiger partial charge in [0, 0.05) is 30.2 Å². The SMILES string of the molecule is CC(C)(C)C1CCCN1CO.CC(C)(C)C1CCN(C2CCCCC2)CC1.CC(C)(C)c1ccccc1.CN(C)C(C)(C)C.CN1CCC(C(C)(C)C)CC1.CN1CCCC1C(C)(C)C. The zero-order valence-electron chi connectivity index (χ0n) is 48.1. The lowest BCUT2D eigenvalue weighted by Crippen LogP contribution is -2.44. The fourth-order valence-electron chi connectivity index (χ4n) is 10.4. The average Bonchev–Trinajstić information content (AvgIpc) is 3.89. The molecule has 0 spiro atoms. The molecule has 1 aromatic carbocycles. The predicted octanol–water partition coefficient (Wildman–Crippen LogP) is 14.4. The Hall–Kier alpha value is -1.02. The monoisotopic (exact) mass is 912 g/mol. The second-order valence-electron chi connectivity index (χ2n) is 27.6. The van der Waals surface area contributed by atoms with Crippen LogP contribution in [0.15, 0.2) is 30.3 Å². The lowest BCUT2D eigenvalue weighted by Gasteiger charge is -2.43. The number of aliphatic hydroxyl groups excluding tert-OH is 1. The smallest absolute Gasteiger partial charge is 0.0959 e. The number of benzene rings is 1. The molecule has 1 aliphatic carbocycles. The number of likely N-dealkylation sites (tertiary alicyclic amines) is 4. The first-order valence-electron chi connectivity index (χ1n) is 26.9. The number of hydrogen-bond donors (Lipinski definition) is 1. The first kappa shape index (κ1) is 62.0. The van der Waals surface area contributed by atoms with E-state index < -0.39 is 0 Å². The van der Waals surface area contributed by atoms with E-state index in [9.17, 15) is 0 Å². The van der Waals surface area contributed by atoms with Gasteiger partial charge in [0.05, 0.1) is 6.73 Å². The summed E-state index contributed by atoms with van der Waals surface area (Å²) in [4.78, 5) is 12.1. The number of aliphatic hydroxyl groups is 1. The van der Waals surface area contributed by atoms with E-state index in [1.165, 1.54) is 122 Å². The standard InChI is InChI=1S/C15H29N.C10H21N.C10H14.C9H19NO.C9H19N.C6H15N/c1-15(2,3)13-9-11-16(12-10-13)14-7-5-4-6-8-14;1-10(2,3)9-5-7-11(4)8-6-9;1-10(2,3)9-7-5-4-6-8-9;1-9(2,3)8-5-4-6-10(8)7-11;1-9(2,3)8-6-5-7-10(8)4;1-6(2,3)7(4)5/h13-14H,4-12H2,1-3H3;9H,5-8H2,1-4H3;4-8H,1-3H3;8,11H,4-7H2,1-3H3;8H,5-7H2,1-4H3;1-5H3. The van der Waals surface area contributed by atoms with Crippen molar-refractivity contribution in [2.75, 3.05) is 74.2 Å². The van der Waals surface area contributed by atoms with Gasteiger partial charge in [-0.3, -0.25) is 4.90 Å². The first-order chi connectivity index (χ1) is 29.7. The highest BCUT2D eigenvalue weighted by Crippen LogP contribution is 2.37. The Morgan fingerprint density at radius 3 is 1.22 bits per heavy atom. The van der Waals surface area contributed by atoms with Crippen LogP contribution in [-0.4, -0.2) is 127 Å². The van der Waals surface area contributed by atoms with E-state index in [1.807, 2.05) is 0 Å². The topological polar surface area (TPSA) is 36.4 Å². The molecule has 2 atom stereocenters. The molecule has 384 valence electrons. The average molecular weight is 913 g/mol. The van der Waals surface area contributed by atoms with Crippen molar-refractivity contribution in [3.63, 3.8) is 0 Å². The molecule has 6 nitrogen and oxygen atoms in total. The van der Waals surface area contributed by atoms with Gasteiger partial charge in [0.25, 0.3) is 0 Å². The molecule has 1 aromatic rings. The molecule has 6 rings (SSSR count). The molecule has 0 aromatic heterocycles. The van der Waals surface area contributed by atoms with Gasteiger partial charge in [-0.25, -0.2) is 0 Å². The fourth-order valence-corrected chi connectivity index (χ4v) is 10.4. The van der Waals surface area contributed by atoms with Gasteiger partial charge in [-0.2, -0.15) is 0 Å². The molecular formula is C59H117N5O. The van der Waals surface area contributed by atoms with Crippen molar-refractivity contribution in [3.8, 4) is 0 Å². The van der Waals surface area contributed by atoms with Gasteiger partial charge in [0.1, 0.15) is 0 Å².